The van der Waals surface area contributed by atoms with E-state index in [0.717, 1.165) is 16.9 Å². The molecule has 0 saturated carbocycles. The van der Waals surface area contributed by atoms with Crippen LogP contribution in [0.25, 0.3) is 0 Å². The molecule has 0 aliphatic heterocycles. The number of hydrogen-bond acceptors (Lipinski definition) is 4. The number of ether oxygens (including phenoxy) is 1. The molecule has 0 aliphatic carbocycles. The second-order valence-corrected chi connectivity index (χ2v) is 6.78. The molecule has 1 N–H and O–H groups in total. The molecule has 0 spiro atoms. The first-order valence-electron chi connectivity index (χ1n) is 8.53. The number of aromatic nitrogens is 3. The largest absolute Gasteiger partial charge is 0.485 e. The molecular weight excluding hydrogens is 344 g/mol. The molecule has 2 aromatic carbocycles. The number of nitrogens with one attached hydrogen (secondary N) is 1. The predicted octanol–water partition coefficient (Wildman–Crippen LogP) is 4.83. The van der Waals surface area contributed by atoms with Crippen molar-refractivity contribution in [3.05, 3.63) is 75.8 Å². The highest BCUT2D eigenvalue weighted by atomic mass is 32.1. The van der Waals surface area contributed by atoms with Crippen molar-refractivity contribution >= 4 is 18.4 Å². The SMILES string of the molecule is Cc1ccc(C(C)C)c(OCc2n[nH]c(=S)n2/N=C\c2ccccc2)c1. The molecule has 0 bridgehead atoms. The van der Waals surface area contributed by atoms with Gasteiger partial charge in [-0.1, -0.05) is 56.3 Å². The molecule has 0 amide bonds. The van der Waals surface area contributed by atoms with Gasteiger partial charge < -0.3 is 4.74 Å². The molecule has 5 nitrogen and oxygen atoms in total. The van der Waals surface area contributed by atoms with Gasteiger partial charge in [-0.25, -0.2) is 5.10 Å². The van der Waals surface area contributed by atoms with Crippen LogP contribution in [0.1, 0.15) is 42.3 Å². The Morgan fingerprint density at radius 1 is 1.23 bits per heavy atom. The van der Waals surface area contributed by atoms with Gasteiger partial charge in [-0.2, -0.15) is 14.9 Å². The van der Waals surface area contributed by atoms with Gasteiger partial charge in [0.1, 0.15) is 12.4 Å². The maximum atomic E-state index is 6.05. The quantitative estimate of drug-likeness (QED) is 0.502. The van der Waals surface area contributed by atoms with Gasteiger partial charge >= 0.3 is 0 Å². The van der Waals surface area contributed by atoms with Gasteiger partial charge in [-0.05, 0) is 47.8 Å². The fraction of sp³-hybridized carbons (Fsp3) is 0.250. The van der Waals surface area contributed by atoms with Crippen LogP contribution in [0.15, 0.2) is 53.6 Å². The monoisotopic (exact) mass is 366 g/mol. The number of rotatable bonds is 6. The number of nitrogens with zero attached hydrogens (tertiary/aromatic N) is 3. The Kier molecular flexibility index (Phi) is 5.63. The van der Waals surface area contributed by atoms with E-state index in [4.69, 9.17) is 17.0 Å². The normalized spacial score (nSPS) is 11.4. The lowest BCUT2D eigenvalue weighted by Gasteiger charge is -2.14. The Bertz CT molecular complexity index is 957. The number of aryl methyl sites for hydroxylation is 1. The predicted molar refractivity (Wildman–Crippen MR) is 106 cm³/mol. The van der Waals surface area contributed by atoms with Crippen molar-refractivity contribution in [2.24, 2.45) is 5.10 Å². The van der Waals surface area contributed by atoms with E-state index in [1.807, 2.05) is 36.4 Å². The summed E-state index contributed by atoms with van der Waals surface area (Å²) in [4.78, 5) is 0. The van der Waals surface area contributed by atoms with Crippen molar-refractivity contribution < 1.29 is 4.74 Å². The summed E-state index contributed by atoms with van der Waals surface area (Å²) in [5.41, 5.74) is 3.32. The Morgan fingerprint density at radius 3 is 2.73 bits per heavy atom. The lowest BCUT2D eigenvalue weighted by Crippen LogP contribution is -2.06. The first-order valence-corrected chi connectivity index (χ1v) is 8.94. The molecule has 0 unspecified atom stereocenters. The van der Waals surface area contributed by atoms with Gasteiger partial charge in [0.15, 0.2) is 5.82 Å². The standard InChI is InChI=1S/C20H22N4OS/c1-14(2)17-10-9-15(3)11-18(17)25-13-19-22-23-20(26)24(19)21-12-16-7-5-4-6-8-16/h4-12,14H,13H2,1-3H3,(H,23,26)/b21-12-. The minimum Gasteiger partial charge on any atom is -0.485 e. The van der Waals surface area contributed by atoms with Gasteiger partial charge in [0.05, 0.1) is 6.21 Å². The van der Waals surface area contributed by atoms with Crippen molar-refractivity contribution in [3.63, 3.8) is 0 Å². The van der Waals surface area contributed by atoms with Gasteiger partial charge in [-0.3, -0.25) is 0 Å². The number of benzene rings is 2. The van der Waals surface area contributed by atoms with Crippen molar-refractivity contribution in [1.29, 1.82) is 0 Å². The minimum atomic E-state index is 0.280. The van der Waals surface area contributed by atoms with E-state index < -0.39 is 0 Å². The molecule has 3 aromatic rings. The lowest BCUT2D eigenvalue weighted by atomic mass is 10.0. The summed E-state index contributed by atoms with van der Waals surface area (Å²) < 4.78 is 8.07. The Morgan fingerprint density at radius 2 is 2.00 bits per heavy atom. The van der Waals surface area contributed by atoms with E-state index in [2.05, 4.69) is 48.2 Å². The van der Waals surface area contributed by atoms with Crippen LogP contribution < -0.4 is 4.74 Å². The second-order valence-electron chi connectivity index (χ2n) is 6.40. The average Bonchev–Trinajstić information content (AvgIpc) is 2.98. The van der Waals surface area contributed by atoms with E-state index >= 15 is 0 Å². The van der Waals surface area contributed by atoms with E-state index in [1.165, 1.54) is 5.56 Å². The Labute approximate surface area is 158 Å². The molecule has 1 aromatic heterocycles. The molecule has 6 heteroatoms. The zero-order valence-corrected chi connectivity index (χ0v) is 16.0. The molecular formula is C20H22N4OS. The van der Waals surface area contributed by atoms with Crippen LogP contribution in [0.3, 0.4) is 0 Å². The molecule has 0 radical (unpaired) electrons. The van der Waals surface area contributed by atoms with E-state index in [9.17, 15) is 0 Å². The molecule has 26 heavy (non-hydrogen) atoms. The van der Waals surface area contributed by atoms with Crippen molar-refractivity contribution in [1.82, 2.24) is 14.9 Å². The zero-order valence-electron chi connectivity index (χ0n) is 15.1. The highest BCUT2D eigenvalue weighted by molar-refractivity contribution is 7.71. The molecule has 3 rings (SSSR count). The van der Waals surface area contributed by atoms with Gasteiger partial charge in [0.2, 0.25) is 4.77 Å². The third-order valence-corrected chi connectivity index (χ3v) is 4.25. The molecule has 0 fully saturated rings. The van der Waals surface area contributed by atoms with Crippen molar-refractivity contribution in [3.8, 4) is 5.75 Å². The summed E-state index contributed by atoms with van der Waals surface area (Å²) in [6, 6.07) is 16.1. The average molecular weight is 366 g/mol. The summed E-state index contributed by atoms with van der Waals surface area (Å²) >= 11 is 5.28. The van der Waals surface area contributed by atoms with Crippen molar-refractivity contribution in [2.45, 2.75) is 33.3 Å². The minimum absolute atomic E-state index is 0.280. The molecule has 0 saturated heterocycles. The summed E-state index contributed by atoms with van der Waals surface area (Å²) in [5, 5.41) is 11.5. The molecule has 0 atom stereocenters. The molecule has 0 aliphatic rings. The van der Waals surface area contributed by atoms with Crippen LogP contribution in [-0.2, 0) is 6.61 Å². The third kappa shape index (κ3) is 4.26. The third-order valence-electron chi connectivity index (χ3n) is 3.99. The summed E-state index contributed by atoms with van der Waals surface area (Å²) in [6.07, 6.45) is 1.75. The highest BCUT2D eigenvalue weighted by Gasteiger charge is 2.11. The van der Waals surface area contributed by atoms with Gasteiger partial charge in [0.25, 0.3) is 0 Å². The van der Waals surface area contributed by atoms with E-state index in [1.54, 1.807) is 10.9 Å². The smallest absolute Gasteiger partial charge is 0.216 e. The number of hydrogen-bond donors (Lipinski definition) is 1. The first-order chi connectivity index (χ1) is 12.5. The van der Waals surface area contributed by atoms with Crippen LogP contribution in [0, 0.1) is 11.7 Å². The van der Waals surface area contributed by atoms with Crippen LogP contribution in [0.4, 0.5) is 0 Å². The van der Waals surface area contributed by atoms with Crippen molar-refractivity contribution in [2.75, 3.05) is 0 Å². The number of H-pyrrole nitrogens is 1. The number of aromatic amines is 1. The van der Waals surface area contributed by atoms with Crippen LogP contribution in [0.5, 0.6) is 5.75 Å². The van der Waals surface area contributed by atoms with Gasteiger partial charge in [0, 0.05) is 0 Å². The maximum absolute atomic E-state index is 6.05. The Hall–Kier alpha value is -2.73. The fourth-order valence-corrected chi connectivity index (χ4v) is 2.78. The maximum Gasteiger partial charge on any atom is 0.216 e. The Balaban J connectivity index is 1.81. The highest BCUT2D eigenvalue weighted by Crippen LogP contribution is 2.28. The zero-order chi connectivity index (χ0) is 18.5. The lowest BCUT2D eigenvalue weighted by molar-refractivity contribution is 0.286. The van der Waals surface area contributed by atoms with Crippen LogP contribution in [0.2, 0.25) is 0 Å². The summed E-state index contributed by atoms with van der Waals surface area (Å²) in [6.45, 7) is 6.63. The molecule has 134 valence electrons. The first kappa shape index (κ1) is 18.1. The topological polar surface area (TPSA) is 55.2 Å². The van der Waals surface area contributed by atoms with Crippen LogP contribution >= 0.6 is 12.2 Å². The fourth-order valence-electron chi connectivity index (χ4n) is 2.59. The summed E-state index contributed by atoms with van der Waals surface area (Å²) in [7, 11) is 0. The van der Waals surface area contributed by atoms with E-state index in [0.29, 0.717) is 16.5 Å². The molecule has 1 heterocycles. The van der Waals surface area contributed by atoms with Gasteiger partial charge in [-0.15, -0.1) is 0 Å². The van der Waals surface area contributed by atoms with Crippen LogP contribution in [-0.4, -0.2) is 21.1 Å². The van der Waals surface area contributed by atoms with E-state index in [-0.39, 0.29) is 6.61 Å². The summed E-state index contributed by atoms with van der Waals surface area (Å²) in [5.74, 6) is 1.87. The second kappa shape index (κ2) is 8.10.